The van der Waals surface area contributed by atoms with E-state index in [9.17, 15) is 9.59 Å². The number of anilines is 1. The first kappa shape index (κ1) is 21.5. The van der Waals surface area contributed by atoms with E-state index in [1.807, 2.05) is 89.8 Å². The van der Waals surface area contributed by atoms with Crippen LogP contribution in [0.4, 0.5) is 5.69 Å². The molecular weight excluding hydrogens is 398 g/mol. The number of pyridine rings is 1. The fourth-order valence-electron chi connectivity index (χ4n) is 3.95. The molecule has 0 spiro atoms. The average Bonchev–Trinajstić information content (AvgIpc) is 2.84. The Labute approximate surface area is 188 Å². The molecule has 32 heavy (non-hydrogen) atoms. The molecule has 0 atom stereocenters. The second-order valence-corrected chi connectivity index (χ2v) is 8.07. The Bertz CT molecular complexity index is 1070. The summed E-state index contributed by atoms with van der Waals surface area (Å²) in [5, 5.41) is 2.95. The van der Waals surface area contributed by atoms with Gasteiger partial charge in [0.15, 0.2) is 0 Å². The molecular formula is C27H27N3O2. The number of aromatic nitrogens is 1. The molecule has 5 heteroatoms. The number of carbonyl (C=O) groups is 2. The highest BCUT2D eigenvalue weighted by molar-refractivity contribution is 5.95. The lowest BCUT2D eigenvalue weighted by atomic mass is 9.92. The molecule has 162 valence electrons. The molecule has 5 nitrogen and oxygen atoms in total. The molecule has 1 aliphatic rings. The number of benzene rings is 2. The molecule has 4 rings (SSSR count). The number of nitrogens with one attached hydrogen (secondary N) is 1. The summed E-state index contributed by atoms with van der Waals surface area (Å²) in [7, 11) is 0. The largest absolute Gasteiger partial charge is 0.339 e. The molecule has 3 aromatic rings. The second kappa shape index (κ2) is 10.5. The van der Waals surface area contributed by atoms with Crippen LogP contribution in [0.1, 0.15) is 40.9 Å². The highest BCUT2D eigenvalue weighted by Gasteiger charge is 2.25. The third-order valence-corrected chi connectivity index (χ3v) is 5.70. The number of piperidine rings is 1. The zero-order chi connectivity index (χ0) is 22.2. The molecule has 0 bridgehead atoms. The minimum atomic E-state index is 0.0355. The summed E-state index contributed by atoms with van der Waals surface area (Å²) >= 11 is 0. The SMILES string of the molecule is O=C(CC1CCN(C(=O)c2cccc(C=Cc3ccccn3)c2)CC1)Nc1ccccc1. The predicted molar refractivity (Wildman–Crippen MR) is 128 cm³/mol. The summed E-state index contributed by atoms with van der Waals surface area (Å²) < 4.78 is 0. The molecule has 0 aliphatic carbocycles. The maximum Gasteiger partial charge on any atom is 0.253 e. The first-order valence-corrected chi connectivity index (χ1v) is 11.0. The van der Waals surface area contributed by atoms with Gasteiger partial charge in [0.25, 0.3) is 5.91 Å². The average molecular weight is 426 g/mol. The van der Waals surface area contributed by atoms with Crippen LogP contribution in [0.2, 0.25) is 0 Å². The van der Waals surface area contributed by atoms with Gasteiger partial charge in [-0.3, -0.25) is 14.6 Å². The van der Waals surface area contributed by atoms with Crippen LogP contribution in [0, 0.1) is 5.92 Å². The van der Waals surface area contributed by atoms with Crippen molar-refractivity contribution in [1.29, 1.82) is 0 Å². The van der Waals surface area contributed by atoms with Crippen LogP contribution in [-0.2, 0) is 4.79 Å². The van der Waals surface area contributed by atoms with Gasteiger partial charge < -0.3 is 10.2 Å². The lowest BCUT2D eigenvalue weighted by molar-refractivity contribution is -0.117. The lowest BCUT2D eigenvalue weighted by Gasteiger charge is -2.32. The third kappa shape index (κ3) is 5.91. The van der Waals surface area contributed by atoms with Gasteiger partial charge in [-0.1, -0.05) is 42.5 Å². The van der Waals surface area contributed by atoms with Crippen molar-refractivity contribution in [2.75, 3.05) is 18.4 Å². The van der Waals surface area contributed by atoms with E-state index >= 15 is 0 Å². The van der Waals surface area contributed by atoms with Gasteiger partial charge >= 0.3 is 0 Å². The molecule has 2 aromatic carbocycles. The predicted octanol–water partition coefficient (Wildman–Crippen LogP) is 5.13. The van der Waals surface area contributed by atoms with Crippen LogP contribution in [-0.4, -0.2) is 34.8 Å². The fraction of sp³-hybridized carbons (Fsp3) is 0.222. The van der Waals surface area contributed by atoms with E-state index in [-0.39, 0.29) is 11.8 Å². The standard InChI is InChI=1S/C27H27N3O2/c31-26(29-25-10-2-1-3-11-25)20-22-14-17-30(18-15-22)27(32)23-8-6-7-21(19-23)12-13-24-9-4-5-16-28-24/h1-13,16,19,22H,14-15,17-18,20H2,(H,29,31). The molecule has 1 N–H and O–H groups in total. The van der Waals surface area contributed by atoms with Crippen LogP contribution in [0.15, 0.2) is 79.0 Å². The Morgan fingerprint density at radius 1 is 0.938 bits per heavy atom. The van der Waals surface area contributed by atoms with Crippen LogP contribution >= 0.6 is 0 Å². The molecule has 1 aliphatic heterocycles. The molecule has 1 aromatic heterocycles. The maximum atomic E-state index is 13.0. The number of nitrogens with zero attached hydrogens (tertiary/aromatic N) is 2. The van der Waals surface area contributed by atoms with E-state index in [0.717, 1.165) is 29.8 Å². The first-order valence-electron chi connectivity index (χ1n) is 11.0. The summed E-state index contributed by atoms with van der Waals surface area (Å²) in [6, 6.07) is 23.0. The topological polar surface area (TPSA) is 62.3 Å². The molecule has 2 heterocycles. The quantitative estimate of drug-likeness (QED) is 0.595. The zero-order valence-corrected chi connectivity index (χ0v) is 18.0. The minimum absolute atomic E-state index is 0.0355. The van der Waals surface area contributed by atoms with E-state index in [1.165, 1.54) is 0 Å². The highest BCUT2D eigenvalue weighted by atomic mass is 16.2. The van der Waals surface area contributed by atoms with Gasteiger partial charge in [-0.05, 0) is 66.8 Å². The zero-order valence-electron chi connectivity index (χ0n) is 18.0. The van der Waals surface area contributed by atoms with Crippen molar-refractivity contribution in [2.45, 2.75) is 19.3 Å². The van der Waals surface area contributed by atoms with Crippen molar-refractivity contribution < 1.29 is 9.59 Å². The van der Waals surface area contributed by atoms with Crippen molar-refractivity contribution in [3.05, 3.63) is 95.8 Å². The number of carbonyl (C=O) groups excluding carboxylic acids is 2. The molecule has 0 radical (unpaired) electrons. The van der Waals surface area contributed by atoms with Gasteiger partial charge in [0.05, 0.1) is 5.69 Å². The number of amides is 2. The van der Waals surface area contributed by atoms with Gasteiger partial charge in [-0.15, -0.1) is 0 Å². The molecule has 1 fully saturated rings. The van der Waals surface area contributed by atoms with Gasteiger partial charge in [-0.25, -0.2) is 0 Å². The van der Waals surface area contributed by atoms with E-state index in [4.69, 9.17) is 0 Å². The summed E-state index contributed by atoms with van der Waals surface area (Å²) in [4.78, 5) is 31.5. The van der Waals surface area contributed by atoms with Crippen molar-refractivity contribution in [2.24, 2.45) is 5.92 Å². The minimum Gasteiger partial charge on any atom is -0.339 e. The number of rotatable bonds is 6. The fourth-order valence-corrected chi connectivity index (χ4v) is 3.95. The van der Waals surface area contributed by atoms with Gasteiger partial charge in [0.2, 0.25) is 5.91 Å². The van der Waals surface area contributed by atoms with Crippen molar-refractivity contribution in [1.82, 2.24) is 9.88 Å². The lowest BCUT2D eigenvalue weighted by Crippen LogP contribution is -2.39. The van der Waals surface area contributed by atoms with Gasteiger partial charge in [0.1, 0.15) is 0 Å². The monoisotopic (exact) mass is 425 g/mol. The normalized spacial score (nSPS) is 14.4. The van der Waals surface area contributed by atoms with Crippen LogP contribution in [0.3, 0.4) is 0 Å². The molecule has 2 amide bonds. The van der Waals surface area contributed by atoms with E-state index in [0.29, 0.717) is 31.0 Å². The third-order valence-electron chi connectivity index (χ3n) is 5.70. The molecule has 0 saturated carbocycles. The molecule has 0 unspecified atom stereocenters. The summed E-state index contributed by atoms with van der Waals surface area (Å²) in [6.45, 7) is 1.35. The number of likely N-dealkylation sites (tertiary alicyclic amines) is 1. The van der Waals surface area contributed by atoms with E-state index in [2.05, 4.69) is 10.3 Å². The Balaban J connectivity index is 1.29. The van der Waals surface area contributed by atoms with E-state index in [1.54, 1.807) is 6.20 Å². The summed E-state index contributed by atoms with van der Waals surface area (Å²) in [5.74, 6) is 0.383. The Morgan fingerprint density at radius 3 is 2.47 bits per heavy atom. The maximum absolute atomic E-state index is 13.0. The van der Waals surface area contributed by atoms with Crippen LogP contribution in [0.5, 0.6) is 0 Å². The summed E-state index contributed by atoms with van der Waals surface area (Å²) in [5.41, 5.74) is 3.35. The molecule has 1 saturated heterocycles. The van der Waals surface area contributed by atoms with Gasteiger partial charge in [-0.2, -0.15) is 0 Å². The Hall–Kier alpha value is -3.73. The van der Waals surface area contributed by atoms with Crippen molar-refractivity contribution >= 4 is 29.7 Å². The van der Waals surface area contributed by atoms with Gasteiger partial charge in [0, 0.05) is 37.0 Å². The van der Waals surface area contributed by atoms with Crippen molar-refractivity contribution in [3.63, 3.8) is 0 Å². The Kier molecular flexibility index (Phi) is 7.08. The number of hydrogen-bond acceptors (Lipinski definition) is 3. The number of para-hydroxylation sites is 1. The van der Waals surface area contributed by atoms with Crippen LogP contribution in [0.25, 0.3) is 12.2 Å². The van der Waals surface area contributed by atoms with E-state index < -0.39 is 0 Å². The first-order chi connectivity index (χ1) is 15.7. The van der Waals surface area contributed by atoms with Crippen molar-refractivity contribution in [3.8, 4) is 0 Å². The smallest absolute Gasteiger partial charge is 0.253 e. The highest BCUT2D eigenvalue weighted by Crippen LogP contribution is 2.23. The van der Waals surface area contributed by atoms with Crippen LogP contribution < -0.4 is 5.32 Å². The summed E-state index contributed by atoms with van der Waals surface area (Å²) in [6.07, 6.45) is 7.84. The number of hydrogen-bond donors (Lipinski definition) is 1. The second-order valence-electron chi connectivity index (χ2n) is 8.07. The Morgan fingerprint density at radius 2 is 1.72 bits per heavy atom.